The predicted molar refractivity (Wildman–Crippen MR) is 190 cm³/mol. The molecule has 0 bridgehead atoms. The largest absolute Gasteiger partial charge is 0.459 e. The maximum absolute atomic E-state index is 14.1. The van der Waals surface area contributed by atoms with Gasteiger partial charge in [-0.05, 0) is 143 Å². The lowest BCUT2D eigenvalue weighted by atomic mass is 9.41. The molecule has 0 aromatic heterocycles. The van der Waals surface area contributed by atoms with Crippen molar-refractivity contribution in [3.63, 3.8) is 0 Å². The van der Waals surface area contributed by atoms with Gasteiger partial charge in [0.05, 0.1) is 31.0 Å². The van der Waals surface area contributed by atoms with Crippen molar-refractivity contribution in [1.82, 2.24) is 5.09 Å². The quantitative estimate of drug-likeness (QED) is 0.165. The second-order valence-corrected chi connectivity index (χ2v) is 18.6. The Balaban J connectivity index is 1.26. The number of benzene rings is 1. The minimum Gasteiger partial charge on any atom is -0.413 e. The highest BCUT2D eigenvalue weighted by atomic mass is 35.5. The van der Waals surface area contributed by atoms with E-state index >= 15 is 0 Å². The van der Waals surface area contributed by atoms with E-state index < -0.39 is 13.8 Å². The SMILES string of the molecule is CC[C@@H]1C2C[C@H](O)CC[C@]2(C)C2CC[C@@]3(C)C(CC[C@@H]3[C@H](C)CCOP(=O)(N[C@@H](C)C(=O)COC(C)C)Oc3cccc(Cl)c3)C2[C@@H]1O. The summed E-state index contributed by atoms with van der Waals surface area (Å²) in [5.74, 6) is 2.73. The smallest absolute Gasteiger partial charge is 0.413 e. The summed E-state index contributed by atoms with van der Waals surface area (Å²) in [6.07, 6.45) is 8.29. The van der Waals surface area contributed by atoms with Crippen LogP contribution in [-0.4, -0.2) is 53.6 Å². The molecule has 4 aliphatic rings. The Morgan fingerprint density at radius 1 is 1.04 bits per heavy atom. The van der Waals surface area contributed by atoms with Gasteiger partial charge in [-0.1, -0.05) is 51.8 Å². The first kappa shape index (κ1) is 38.2. The molecule has 4 aliphatic carbocycles. The van der Waals surface area contributed by atoms with Crippen molar-refractivity contribution in [3.8, 4) is 5.75 Å². The third kappa shape index (κ3) is 7.76. The van der Waals surface area contributed by atoms with Crippen LogP contribution in [0.25, 0.3) is 0 Å². The first-order valence-corrected chi connectivity index (χ1v) is 20.5. The molecule has 5 unspecified atom stereocenters. The Labute approximate surface area is 294 Å². The number of Topliss-reactive ketones (excluding diaryl/α,β-unsaturated/α-hetero) is 1. The van der Waals surface area contributed by atoms with Gasteiger partial charge < -0.3 is 19.5 Å². The van der Waals surface area contributed by atoms with E-state index in [4.69, 9.17) is 25.4 Å². The monoisotopic (exact) mass is 709 g/mol. The molecule has 48 heavy (non-hydrogen) atoms. The fourth-order valence-corrected chi connectivity index (χ4v) is 12.6. The van der Waals surface area contributed by atoms with Gasteiger partial charge in [-0.15, -0.1) is 0 Å². The number of aliphatic hydroxyl groups excluding tert-OH is 2. The van der Waals surface area contributed by atoms with Gasteiger partial charge in [-0.3, -0.25) is 9.32 Å². The summed E-state index contributed by atoms with van der Waals surface area (Å²) in [7, 11) is -3.95. The van der Waals surface area contributed by atoms with Crippen LogP contribution in [0, 0.1) is 52.3 Å². The standard InChI is InChI=1S/C38H61ClNO7P/c1-8-29-33-21-27(41)14-17-38(33,7)32-15-18-37(6)30(12-13-31(37)35(32)36(29)43)24(4)16-19-46-48(44,47-28-11-9-10-26(39)20-28)40-25(5)34(42)22-45-23(2)3/h9-11,20,23-25,27,29-33,35-36,41,43H,8,12-19,21-22H2,1-7H3,(H,40,44)/t24-,25+,27-,29-,30-,31?,32?,33?,35?,36-,37-,38-,48?/m1/s1. The number of hydrogen-bond donors (Lipinski definition) is 3. The van der Waals surface area contributed by atoms with E-state index in [9.17, 15) is 19.6 Å². The van der Waals surface area contributed by atoms with E-state index in [1.54, 1.807) is 31.2 Å². The van der Waals surface area contributed by atoms with Crippen LogP contribution < -0.4 is 9.61 Å². The number of carbonyl (C=O) groups excluding carboxylic acids is 1. The molecule has 4 fully saturated rings. The molecule has 1 aromatic carbocycles. The minimum atomic E-state index is -3.95. The highest BCUT2D eigenvalue weighted by Gasteiger charge is 2.64. The van der Waals surface area contributed by atoms with E-state index in [1.165, 1.54) is 0 Å². The molecule has 272 valence electrons. The van der Waals surface area contributed by atoms with Crippen molar-refractivity contribution in [2.45, 2.75) is 131 Å². The second kappa shape index (κ2) is 15.3. The lowest BCUT2D eigenvalue weighted by Crippen LogP contribution is -2.62. The van der Waals surface area contributed by atoms with Crippen LogP contribution in [0.3, 0.4) is 0 Å². The van der Waals surface area contributed by atoms with Crippen molar-refractivity contribution >= 4 is 25.1 Å². The molecule has 0 heterocycles. The number of ether oxygens (including phenoxy) is 1. The zero-order chi connectivity index (χ0) is 35.0. The number of carbonyl (C=O) groups is 1. The summed E-state index contributed by atoms with van der Waals surface area (Å²) < 4.78 is 31.6. The summed E-state index contributed by atoms with van der Waals surface area (Å²) in [6.45, 7) is 14.9. The molecule has 0 aliphatic heterocycles. The Kier molecular flexibility index (Phi) is 12.2. The third-order valence-corrected chi connectivity index (χ3v) is 15.3. The molecule has 0 spiro atoms. The molecular formula is C38H61ClNO7P. The van der Waals surface area contributed by atoms with Gasteiger partial charge in [0.1, 0.15) is 12.4 Å². The summed E-state index contributed by atoms with van der Waals surface area (Å²) >= 11 is 6.18. The van der Waals surface area contributed by atoms with Crippen LogP contribution in [0.2, 0.25) is 5.02 Å². The lowest BCUT2D eigenvalue weighted by Gasteiger charge is -2.64. The number of hydrogen-bond acceptors (Lipinski definition) is 7. The molecule has 1 aromatic rings. The van der Waals surface area contributed by atoms with Gasteiger partial charge in [-0.2, -0.15) is 0 Å². The Morgan fingerprint density at radius 2 is 1.75 bits per heavy atom. The lowest BCUT2D eigenvalue weighted by molar-refractivity contribution is -0.203. The zero-order valence-electron chi connectivity index (χ0n) is 30.2. The van der Waals surface area contributed by atoms with Crippen molar-refractivity contribution in [2.75, 3.05) is 13.2 Å². The number of fused-ring (bicyclic) bond motifs is 5. The van der Waals surface area contributed by atoms with Crippen LogP contribution in [0.1, 0.15) is 106 Å². The fraction of sp³-hybridized carbons (Fsp3) is 0.816. The number of nitrogens with one attached hydrogen (secondary N) is 1. The highest BCUT2D eigenvalue weighted by Crippen LogP contribution is 2.69. The van der Waals surface area contributed by atoms with Crippen LogP contribution >= 0.6 is 19.3 Å². The summed E-state index contributed by atoms with van der Waals surface area (Å²) in [5, 5.41) is 25.9. The van der Waals surface area contributed by atoms with E-state index in [2.05, 4.69) is 32.8 Å². The Hall–Kier alpha value is -0.990. The van der Waals surface area contributed by atoms with Crippen LogP contribution in [0.4, 0.5) is 0 Å². The van der Waals surface area contributed by atoms with Gasteiger partial charge in [0, 0.05) is 5.02 Å². The maximum atomic E-state index is 14.1. The van der Waals surface area contributed by atoms with E-state index in [1.807, 2.05) is 13.8 Å². The van der Waals surface area contributed by atoms with Gasteiger partial charge >= 0.3 is 7.75 Å². The topological polar surface area (TPSA) is 114 Å². The van der Waals surface area contributed by atoms with Gasteiger partial charge in [0.25, 0.3) is 0 Å². The van der Waals surface area contributed by atoms with Crippen LogP contribution in [-0.2, 0) is 18.6 Å². The second-order valence-electron chi connectivity index (χ2n) is 16.4. The molecule has 5 rings (SSSR count). The van der Waals surface area contributed by atoms with Crippen LogP contribution in [0.15, 0.2) is 24.3 Å². The van der Waals surface area contributed by atoms with E-state index in [-0.39, 0.29) is 54.1 Å². The maximum Gasteiger partial charge on any atom is 0.459 e. The van der Waals surface area contributed by atoms with Crippen molar-refractivity contribution in [1.29, 1.82) is 0 Å². The summed E-state index contributed by atoms with van der Waals surface area (Å²) in [5.41, 5.74) is 0.299. The molecule has 4 saturated carbocycles. The van der Waals surface area contributed by atoms with Gasteiger partial charge in [0.15, 0.2) is 5.78 Å². The average molecular weight is 710 g/mol. The zero-order valence-corrected chi connectivity index (χ0v) is 31.8. The Morgan fingerprint density at radius 3 is 2.44 bits per heavy atom. The molecule has 8 nitrogen and oxygen atoms in total. The highest BCUT2D eigenvalue weighted by molar-refractivity contribution is 7.52. The number of halogens is 1. The molecule has 13 atom stereocenters. The first-order valence-electron chi connectivity index (χ1n) is 18.6. The summed E-state index contributed by atoms with van der Waals surface area (Å²) in [6, 6.07) is 5.86. The van der Waals surface area contributed by atoms with Gasteiger partial charge in [-0.25, -0.2) is 9.65 Å². The summed E-state index contributed by atoms with van der Waals surface area (Å²) in [4.78, 5) is 12.8. The van der Waals surface area contributed by atoms with E-state index in [0.717, 1.165) is 51.4 Å². The Bertz CT molecular complexity index is 1310. The van der Waals surface area contributed by atoms with Gasteiger partial charge in [0.2, 0.25) is 0 Å². The van der Waals surface area contributed by atoms with Crippen molar-refractivity contribution < 1.29 is 33.4 Å². The molecule has 0 radical (unpaired) electrons. The molecule has 3 N–H and O–H groups in total. The average Bonchev–Trinajstić information content (AvgIpc) is 3.38. The molecule has 0 amide bonds. The third-order valence-electron chi connectivity index (χ3n) is 13.4. The predicted octanol–water partition coefficient (Wildman–Crippen LogP) is 8.47. The number of ketones is 1. The van der Waals surface area contributed by atoms with Crippen molar-refractivity contribution in [2.24, 2.45) is 52.3 Å². The van der Waals surface area contributed by atoms with Crippen LogP contribution in [0.5, 0.6) is 5.75 Å². The van der Waals surface area contributed by atoms with Crippen molar-refractivity contribution in [3.05, 3.63) is 29.3 Å². The van der Waals surface area contributed by atoms with E-state index in [0.29, 0.717) is 52.7 Å². The normalized spacial score (nSPS) is 38.7. The molecular weight excluding hydrogens is 649 g/mol. The molecule has 10 heteroatoms. The minimum absolute atomic E-state index is 0.0984. The molecule has 0 saturated heterocycles. The first-order chi connectivity index (χ1) is 22.6. The number of rotatable bonds is 14. The number of aliphatic hydroxyl groups is 2. The fourth-order valence-electron chi connectivity index (χ4n) is 10.9.